The summed E-state index contributed by atoms with van der Waals surface area (Å²) in [5.74, 6) is 0.595. The molecule has 0 aliphatic carbocycles. The number of amides is 1. The lowest BCUT2D eigenvalue weighted by Crippen LogP contribution is -2.09. The van der Waals surface area contributed by atoms with E-state index >= 15 is 0 Å². The Morgan fingerprint density at radius 1 is 1.15 bits per heavy atom. The second-order valence-corrected chi connectivity index (χ2v) is 4.62. The van der Waals surface area contributed by atoms with Crippen LogP contribution < -0.4 is 16.4 Å². The Morgan fingerprint density at radius 2 is 1.80 bits per heavy atom. The number of pyridine rings is 1. The van der Waals surface area contributed by atoms with Crippen molar-refractivity contribution in [3.63, 3.8) is 0 Å². The van der Waals surface area contributed by atoms with E-state index in [4.69, 9.17) is 18.0 Å². The predicted molar refractivity (Wildman–Crippen MR) is 84.2 cm³/mol. The maximum Gasteiger partial charge on any atom is 0.221 e. The number of hydrogen-bond donors (Lipinski definition) is 3. The lowest BCUT2D eigenvalue weighted by molar-refractivity contribution is -0.114. The molecule has 0 saturated carbocycles. The van der Waals surface area contributed by atoms with Crippen LogP contribution in [0.4, 0.5) is 17.2 Å². The molecule has 5 nitrogen and oxygen atoms in total. The van der Waals surface area contributed by atoms with Crippen LogP contribution in [0.15, 0.2) is 42.6 Å². The summed E-state index contributed by atoms with van der Waals surface area (Å²) >= 11 is 4.87. The molecule has 1 amide bonds. The van der Waals surface area contributed by atoms with Crippen molar-refractivity contribution in [1.82, 2.24) is 4.98 Å². The van der Waals surface area contributed by atoms with Gasteiger partial charge in [-0.15, -0.1) is 0 Å². The van der Waals surface area contributed by atoms with Crippen molar-refractivity contribution in [2.75, 3.05) is 10.6 Å². The van der Waals surface area contributed by atoms with Gasteiger partial charge in [0.2, 0.25) is 5.91 Å². The molecule has 0 saturated heterocycles. The summed E-state index contributed by atoms with van der Waals surface area (Å²) in [6.45, 7) is 1.47. The fraction of sp³-hybridized carbons (Fsp3) is 0.0714. The molecular formula is C14H14N4OS. The van der Waals surface area contributed by atoms with Gasteiger partial charge >= 0.3 is 0 Å². The average molecular weight is 286 g/mol. The molecule has 102 valence electrons. The van der Waals surface area contributed by atoms with E-state index in [1.165, 1.54) is 6.92 Å². The van der Waals surface area contributed by atoms with Crippen LogP contribution in [0.3, 0.4) is 0 Å². The normalized spacial score (nSPS) is 9.85. The standard InChI is InChI=1S/C14H14N4OS/c1-9(19)17-11-3-5-12(6-4-11)18-13-7-2-10(8-16-13)14(15)20/h2-8H,1H3,(H2,15,20)(H,16,18)(H,17,19). The maximum atomic E-state index is 10.9. The Morgan fingerprint density at radius 3 is 2.30 bits per heavy atom. The number of benzene rings is 1. The summed E-state index contributed by atoms with van der Waals surface area (Å²) in [6, 6.07) is 10.9. The van der Waals surface area contributed by atoms with Crippen molar-refractivity contribution >= 4 is 40.3 Å². The number of thiocarbonyl (C=S) groups is 1. The van der Waals surface area contributed by atoms with Crippen molar-refractivity contribution < 1.29 is 4.79 Å². The quantitative estimate of drug-likeness (QED) is 0.752. The van der Waals surface area contributed by atoms with Crippen molar-refractivity contribution in [3.05, 3.63) is 48.2 Å². The Hall–Kier alpha value is -2.47. The molecule has 1 aromatic carbocycles. The zero-order chi connectivity index (χ0) is 14.5. The number of nitrogens with one attached hydrogen (secondary N) is 2. The Kier molecular flexibility index (Phi) is 4.27. The van der Waals surface area contributed by atoms with Crippen molar-refractivity contribution in [3.8, 4) is 0 Å². The third-order valence-electron chi connectivity index (χ3n) is 2.53. The van der Waals surface area contributed by atoms with E-state index in [2.05, 4.69) is 15.6 Å². The predicted octanol–water partition coefficient (Wildman–Crippen LogP) is 2.42. The van der Waals surface area contributed by atoms with Gasteiger partial charge in [-0.3, -0.25) is 4.79 Å². The molecule has 2 aromatic rings. The molecule has 4 N–H and O–H groups in total. The van der Waals surface area contributed by atoms with Crippen molar-refractivity contribution in [2.24, 2.45) is 5.73 Å². The second-order valence-electron chi connectivity index (χ2n) is 4.18. The Balaban J connectivity index is 2.06. The fourth-order valence-electron chi connectivity index (χ4n) is 1.60. The number of nitrogens with two attached hydrogens (primary N) is 1. The molecule has 1 aromatic heterocycles. The van der Waals surface area contributed by atoms with Gasteiger partial charge in [0.15, 0.2) is 0 Å². The number of anilines is 3. The van der Waals surface area contributed by atoms with Crippen molar-refractivity contribution in [1.29, 1.82) is 0 Å². The van der Waals surface area contributed by atoms with Crippen LogP contribution in [0.1, 0.15) is 12.5 Å². The van der Waals surface area contributed by atoms with Gasteiger partial charge in [0.05, 0.1) is 0 Å². The van der Waals surface area contributed by atoms with Gasteiger partial charge < -0.3 is 16.4 Å². The molecular weight excluding hydrogens is 272 g/mol. The molecule has 0 aliphatic heterocycles. The smallest absolute Gasteiger partial charge is 0.221 e. The first kappa shape index (κ1) is 14.0. The number of nitrogens with zero attached hydrogens (tertiary/aromatic N) is 1. The highest BCUT2D eigenvalue weighted by atomic mass is 32.1. The van der Waals surface area contributed by atoms with Gasteiger partial charge in [-0.25, -0.2) is 4.98 Å². The number of carbonyl (C=O) groups excluding carboxylic acids is 1. The van der Waals surface area contributed by atoms with E-state index in [0.717, 1.165) is 16.9 Å². The van der Waals surface area contributed by atoms with Gasteiger partial charge in [0, 0.05) is 30.1 Å². The molecule has 0 bridgehead atoms. The summed E-state index contributed by atoms with van der Waals surface area (Å²) in [6.07, 6.45) is 1.62. The third kappa shape index (κ3) is 3.76. The molecule has 0 aliphatic rings. The fourth-order valence-corrected chi connectivity index (χ4v) is 1.72. The minimum absolute atomic E-state index is 0.0966. The third-order valence-corrected chi connectivity index (χ3v) is 2.76. The first-order valence-electron chi connectivity index (χ1n) is 5.95. The van der Waals surface area contributed by atoms with E-state index in [-0.39, 0.29) is 5.91 Å². The number of carbonyl (C=O) groups is 1. The first-order valence-corrected chi connectivity index (χ1v) is 6.36. The first-order chi connectivity index (χ1) is 9.54. The number of rotatable bonds is 4. The van der Waals surface area contributed by atoms with E-state index in [9.17, 15) is 4.79 Å². The molecule has 1 heterocycles. The van der Waals surface area contributed by atoms with Crippen LogP contribution in [0.5, 0.6) is 0 Å². The molecule has 0 unspecified atom stereocenters. The summed E-state index contributed by atoms with van der Waals surface area (Å²) < 4.78 is 0. The molecule has 0 radical (unpaired) electrons. The molecule has 0 fully saturated rings. The molecule has 0 atom stereocenters. The van der Waals surface area contributed by atoms with Gasteiger partial charge in [-0.05, 0) is 36.4 Å². The molecule has 2 rings (SSSR count). The monoisotopic (exact) mass is 286 g/mol. The van der Waals surface area contributed by atoms with E-state index in [1.54, 1.807) is 12.3 Å². The zero-order valence-corrected chi connectivity index (χ0v) is 11.7. The van der Waals surface area contributed by atoms with Crippen LogP contribution >= 0.6 is 12.2 Å². The largest absolute Gasteiger partial charge is 0.389 e. The second kappa shape index (κ2) is 6.12. The van der Waals surface area contributed by atoms with Crippen LogP contribution in [0.2, 0.25) is 0 Å². The van der Waals surface area contributed by atoms with Crippen LogP contribution in [-0.4, -0.2) is 15.9 Å². The highest BCUT2D eigenvalue weighted by molar-refractivity contribution is 7.80. The summed E-state index contributed by atoms with van der Waals surface area (Å²) in [5, 5.41) is 5.85. The van der Waals surface area contributed by atoms with Crippen molar-refractivity contribution in [2.45, 2.75) is 6.92 Å². The minimum Gasteiger partial charge on any atom is -0.389 e. The zero-order valence-electron chi connectivity index (χ0n) is 10.9. The Bertz CT molecular complexity index is 623. The highest BCUT2D eigenvalue weighted by Gasteiger charge is 2.00. The summed E-state index contributed by atoms with van der Waals surface area (Å²) in [5.41, 5.74) is 7.86. The average Bonchev–Trinajstić information content (AvgIpc) is 2.41. The van der Waals surface area contributed by atoms with E-state index < -0.39 is 0 Å². The summed E-state index contributed by atoms with van der Waals surface area (Å²) in [4.78, 5) is 15.5. The van der Waals surface area contributed by atoms with Gasteiger partial charge in [0.1, 0.15) is 10.8 Å². The van der Waals surface area contributed by atoms with Crippen LogP contribution in [-0.2, 0) is 4.79 Å². The van der Waals surface area contributed by atoms with Gasteiger partial charge in [-0.2, -0.15) is 0 Å². The van der Waals surface area contributed by atoms with Crippen LogP contribution in [0.25, 0.3) is 0 Å². The lowest BCUT2D eigenvalue weighted by Gasteiger charge is -2.07. The molecule has 6 heteroatoms. The lowest BCUT2D eigenvalue weighted by atomic mass is 10.2. The molecule has 0 spiro atoms. The van der Waals surface area contributed by atoms with E-state index in [0.29, 0.717) is 10.8 Å². The highest BCUT2D eigenvalue weighted by Crippen LogP contribution is 2.17. The van der Waals surface area contributed by atoms with E-state index in [1.807, 2.05) is 30.3 Å². The minimum atomic E-state index is -0.0966. The maximum absolute atomic E-state index is 10.9. The topological polar surface area (TPSA) is 80.0 Å². The number of hydrogen-bond acceptors (Lipinski definition) is 4. The Labute approximate surface area is 122 Å². The summed E-state index contributed by atoms with van der Waals surface area (Å²) in [7, 11) is 0. The SMILES string of the molecule is CC(=O)Nc1ccc(Nc2ccc(C(N)=S)cn2)cc1. The van der Waals surface area contributed by atoms with Gasteiger partial charge in [0.25, 0.3) is 0 Å². The van der Waals surface area contributed by atoms with Gasteiger partial charge in [-0.1, -0.05) is 12.2 Å². The molecule has 20 heavy (non-hydrogen) atoms. The number of aromatic nitrogens is 1. The van der Waals surface area contributed by atoms with Crippen LogP contribution in [0, 0.1) is 0 Å².